The lowest BCUT2D eigenvalue weighted by Gasteiger charge is -2.25. The maximum Gasteiger partial charge on any atom is 0.341 e. The van der Waals surface area contributed by atoms with Crippen LogP contribution in [-0.4, -0.2) is 47.5 Å². The summed E-state index contributed by atoms with van der Waals surface area (Å²) in [6, 6.07) is 7.46. The molecule has 2 N–H and O–H groups in total. The normalized spacial score (nSPS) is 13.5. The Balaban J connectivity index is 1.75. The highest BCUT2D eigenvalue weighted by Crippen LogP contribution is 2.38. The van der Waals surface area contributed by atoms with Crippen LogP contribution in [0.1, 0.15) is 67.3 Å². The third kappa shape index (κ3) is 6.88. The number of thiophene rings is 1. The van der Waals surface area contributed by atoms with Crippen molar-refractivity contribution in [2.75, 3.05) is 24.3 Å². The highest BCUT2D eigenvalue weighted by Gasteiger charge is 2.31. The third-order valence-corrected chi connectivity index (χ3v) is 8.44. The summed E-state index contributed by atoms with van der Waals surface area (Å²) in [5.41, 5.74) is 1.92. The van der Waals surface area contributed by atoms with Crippen molar-refractivity contribution in [1.29, 1.82) is 0 Å². The van der Waals surface area contributed by atoms with Crippen LogP contribution in [0.5, 0.6) is 0 Å². The van der Waals surface area contributed by atoms with Gasteiger partial charge in [0.05, 0.1) is 24.5 Å². The fourth-order valence-electron chi connectivity index (χ4n) is 3.97. The average Bonchev–Trinajstić information content (AvgIpc) is 3.22. The summed E-state index contributed by atoms with van der Waals surface area (Å²) in [5.74, 6) is -0.757. The molecule has 0 saturated heterocycles. The zero-order valence-corrected chi connectivity index (χ0v) is 22.8. The van der Waals surface area contributed by atoms with E-state index in [1.165, 1.54) is 37.1 Å². The summed E-state index contributed by atoms with van der Waals surface area (Å²) in [5, 5.41) is 5.91. The molecule has 3 rings (SSSR count). The van der Waals surface area contributed by atoms with Crippen molar-refractivity contribution < 1.29 is 23.9 Å². The fourth-order valence-corrected chi connectivity index (χ4v) is 6.23. The molecule has 1 aliphatic rings. The summed E-state index contributed by atoms with van der Waals surface area (Å²) in [7, 11) is 1.32. The van der Waals surface area contributed by atoms with E-state index in [1.807, 2.05) is 38.1 Å². The topological polar surface area (TPSA) is 105 Å². The standard InChI is InChI=1S/C26H33N3O5S2/c1-5-7-11-22(31)27-17-9-8-10-18(14-17)35-20(6-2)24(32)28-25-23(26(33)34-4)19-12-13-29(16(3)30)15-21(19)36-25/h8-10,14,20H,5-7,11-13,15H2,1-4H3,(H,27,31)(H,28,32). The predicted molar refractivity (Wildman–Crippen MR) is 144 cm³/mol. The highest BCUT2D eigenvalue weighted by molar-refractivity contribution is 8.00. The number of methoxy groups -OCH3 is 1. The molecular weight excluding hydrogens is 498 g/mol. The van der Waals surface area contributed by atoms with Gasteiger partial charge in [-0.3, -0.25) is 14.4 Å². The van der Waals surface area contributed by atoms with Gasteiger partial charge in [0, 0.05) is 35.3 Å². The van der Waals surface area contributed by atoms with Gasteiger partial charge in [0.2, 0.25) is 17.7 Å². The number of nitrogens with zero attached hydrogens (tertiary/aromatic N) is 1. The Kier molecular flexibility index (Phi) is 9.95. The number of carbonyl (C=O) groups is 4. The molecule has 1 atom stereocenters. The summed E-state index contributed by atoms with van der Waals surface area (Å²) < 4.78 is 5.01. The van der Waals surface area contributed by atoms with E-state index >= 15 is 0 Å². The first-order valence-electron chi connectivity index (χ1n) is 12.1. The maximum absolute atomic E-state index is 13.3. The second-order valence-corrected chi connectivity index (χ2v) is 11.0. The number of ether oxygens (including phenoxy) is 1. The van der Waals surface area contributed by atoms with E-state index in [-0.39, 0.29) is 17.7 Å². The molecule has 1 aliphatic heterocycles. The number of hydrogen-bond donors (Lipinski definition) is 2. The summed E-state index contributed by atoms with van der Waals surface area (Å²) >= 11 is 2.73. The van der Waals surface area contributed by atoms with E-state index < -0.39 is 11.2 Å². The molecule has 0 radical (unpaired) electrons. The van der Waals surface area contributed by atoms with Gasteiger partial charge in [-0.05, 0) is 43.0 Å². The Bertz CT molecular complexity index is 1130. The predicted octanol–water partition coefficient (Wildman–Crippen LogP) is 5.08. The van der Waals surface area contributed by atoms with Gasteiger partial charge < -0.3 is 20.3 Å². The Morgan fingerprint density at radius 2 is 1.97 bits per heavy atom. The number of nitrogens with one attached hydrogen (secondary N) is 2. The number of fused-ring (bicyclic) bond motifs is 1. The molecular formula is C26H33N3O5S2. The van der Waals surface area contributed by atoms with Crippen LogP contribution >= 0.6 is 23.1 Å². The number of benzene rings is 1. The molecule has 1 aromatic carbocycles. The molecule has 0 fully saturated rings. The van der Waals surface area contributed by atoms with Crippen molar-refractivity contribution in [1.82, 2.24) is 4.90 Å². The zero-order valence-electron chi connectivity index (χ0n) is 21.1. The number of anilines is 2. The minimum absolute atomic E-state index is 0.0227. The Hall–Kier alpha value is -2.85. The minimum Gasteiger partial charge on any atom is -0.465 e. The van der Waals surface area contributed by atoms with Gasteiger partial charge in [-0.1, -0.05) is 26.3 Å². The van der Waals surface area contributed by atoms with Crippen LogP contribution in [0.15, 0.2) is 29.2 Å². The van der Waals surface area contributed by atoms with Gasteiger partial charge in [-0.25, -0.2) is 4.79 Å². The quantitative estimate of drug-likeness (QED) is 0.327. The molecule has 3 amide bonds. The number of rotatable bonds is 10. The highest BCUT2D eigenvalue weighted by atomic mass is 32.2. The van der Waals surface area contributed by atoms with Gasteiger partial charge in [0.25, 0.3) is 0 Å². The van der Waals surface area contributed by atoms with Crippen LogP contribution in [-0.2, 0) is 32.1 Å². The van der Waals surface area contributed by atoms with Crippen LogP contribution in [0.2, 0.25) is 0 Å². The van der Waals surface area contributed by atoms with Gasteiger partial charge in [0.1, 0.15) is 5.00 Å². The molecule has 0 aliphatic carbocycles. The lowest BCUT2D eigenvalue weighted by atomic mass is 10.0. The number of thioether (sulfide) groups is 1. The zero-order chi connectivity index (χ0) is 26.2. The fraction of sp³-hybridized carbons (Fsp3) is 0.462. The molecule has 2 aromatic rings. The average molecular weight is 532 g/mol. The van der Waals surface area contributed by atoms with Gasteiger partial charge >= 0.3 is 5.97 Å². The Morgan fingerprint density at radius 1 is 1.19 bits per heavy atom. The van der Waals surface area contributed by atoms with Gasteiger partial charge in [-0.15, -0.1) is 23.1 Å². The first-order chi connectivity index (χ1) is 17.3. The molecule has 8 nitrogen and oxygen atoms in total. The minimum atomic E-state index is -0.494. The number of hydrogen-bond acceptors (Lipinski definition) is 7. The molecule has 0 spiro atoms. The molecule has 1 unspecified atom stereocenters. The first-order valence-corrected chi connectivity index (χ1v) is 13.8. The number of carbonyl (C=O) groups excluding carboxylic acids is 4. The van der Waals surface area contributed by atoms with Crippen LogP contribution in [0.4, 0.5) is 10.7 Å². The smallest absolute Gasteiger partial charge is 0.341 e. The van der Waals surface area contributed by atoms with Crippen molar-refractivity contribution in [3.05, 3.63) is 40.3 Å². The largest absolute Gasteiger partial charge is 0.465 e. The van der Waals surface area contributed by atoms with Crippen LogP contribution in [0.25, 0.3) is 0 Å². The molecule has 0 bridgehead atoms. The van der Waals surface area contributed by atoms with E-state index in [0.717, 1.165) is 28.2 Å². The lowest BCUT2D eigenvalue weighted by molar-refractivity contribution is -0.129. The molecule has 36 heavy (non-hydrogen) atoms. The molecule has 0 saturated carbocycles. The monoisotopic (exact) mass is 531 g/mol. The van der Waals surface area contributed by atoms with Crippen LogP contribution < -0.4 is 10.6 Å². The summed E-state index contributed by atoms with van der Waals surface area (Å²) in [4.78, 5) is 53.3. The number of esters is 1. The number of unbranched alkanes of at least 4 members (excludes halogenated alkanes) is 1. The van der Waals surface area contributed by atoms with Crippen molar-refractivity contribution >= 4 is 57.5 Å². The van der Waals surface area contributed by atoms with E-state index in [0.29, 0.717) is 48.6 Å². The molecule has 10 heteroatoms. The van der Waals surface area contributed by atoms with Crippen molar-refractivity contribution in [2.24, 2.45) is 0 Å². The SMILES string of the molecule is CCCCC(=O)Nc1cccc(SC(CC)C(=O)Nc2sc3c(c2C(=O)OC)CCN(C(C)=O)C3)c1. The van der Waals surface area contributed by atoms with Crippen molar-refractivity contribution in [3.63, 3.8) is 0 Å². The van der Waals surface area contributed by atoms with Crippen LogP contribution in [0.3, 0.4) is 0 Å². The molecule has 1 aromatic heterocycles. The van der Waals surface area contributed by atoms with Crippen molar-refractivity contribution in [3.8, 4) is 0 Å². The van der Waals surface area contributed by atoms with E-state index in [1.54, 1.807) is 4.90 Å². The summed E-state index contributed by atoms with van der Waals surface area (Å²) in [6.07, 6.45) is 3.38. The van der Waals surface area contributed by atoms with E-state index in [4.69, 9.17) is 4.74 Å². The molecule has 2 heterocycles. The van der Waals surface area contributed by atoms with Gasteiger partial charge in [0.15, 0.2) is 0 Å². The van der Waals surface area contributed by atoms with E-state index in [2.05, 4.69) is 10.6 Å². The van der Waals surface area contributed by atoms with Gasteiger partial charge in [-0.2, -0.15) is 0 Å². The second kappa shape index (κ2) is 12.9. The number of amides is 3. The Labute approximate surface area is 220 Å². The van der Waals surface area contributed by atoms with Crippen molar-refractivity contribution in [2.45, 2.75) is 69.6 Å². The maximum atomic E-state index is 13.3. The Morgan fingerprint density at radius 3 is 2.64 bits per heavy atom. The van der Waals surface area contributed by atoms with Crippen LogP contribution in [0, 0.1) is 0 Å². The third-order valence-electron chi connectivity index (χ3n) is 5.95. The van der Waals surface area contributed by atoms with E-state index in [9.17, 15) is 19.2 Å². The lowest BCUT2D eigenvalue weighted by Crippen LogP contribution is -2.34. The summed E-state index contributed by atoms with van der Waals surface area (Å²) in [6.45, 7) is 6.43. The first kappa shape index (κ1) is 27.7. The second-order valence-electron chi connectivity index (χ2n) is 8.57. The molecule has 194 valence electrons.